The molecule has 0 rings (SSSR count). The van der Waals surface area contributed by atoms with E-state index in [4.69, 9.17) is 14.4 Å². The monoisotopic (exact) mass is 396 g/mol. The first-order chi connectivity index (χ1) is 8.41. The fourth-order valence-electron chi connectivity index (χ4n) is 0.177. The van der Waals surface area contributed by atoms with Crippen LogP contribution in [0.15, 0.2) is 0 Å². The van der Waals surface area contributed by atoms with Gasteiger partial charge in [-0.25, -0.2) is 0 Å². The zero-order valence-electron chi connectivity index (χ0n) is 15.7. The number of rotatable bonds is 2. The van der Waals surface area contributed by atoms with Crippen LogP contribution >= 0.6 is 0 Å². The fraction of sp³-hybridized carbons (Fsp3) is 0.857. The summed E-state index contributed by atoms with van der Waals surface area (Å²) in [5, 5.41) is 0. The summed E-state index contributed by atoms with van der Waals surface area (Å²) in [5.74, 6) is 0. The predicted molar refractivity (Wildman–Crippen MR) is 101 cm³/mol. The fourth-order valence-corrected chi connectivity index (χ4v) is 0.177. The Hall–Kier alpha value is 1.05. The smallest absolute Gasteiger partial charge is 0.433 e. The second-order valence-corrected chi connectivity index (χ2v) is 20.6. The summed E-state index contributed by atoms with van der Waals surface area (Å²) in [5.41, 5.74) is 0. The van der Waals surface area contributed by atoms with Crippen LogP contribution in [-0.4, -0.2) is 39.3 Å². The van der Waals surface area contributed by atoms with E-state index in [2.05, 4.69) is 13.8 Å². The molecule has 0 fully saturated rings. The molecule has 21 heavy (non-hydrogen) atoms. The molecule has 0 bridgehead atoms. The van der Waals surface area contributed by atoms with Gasteiger partial charge in [0.1, 0.15) is 0 Å². The third kappa shape index (κ3) is 821. The van der Waals surface area contributed by atoms with Crippen LogP contribution in [-0.2, 0) is 17.1 Å². The minimum Gasteiger partial charge on any atom is -0.433 e. The summed E-state index contributed by atoms with van der Waals surface area (Å²) in [4.78, 5) is 26.0. The van der Waals surface area contributed by atoms with Crippen LogP contribution in [0.25, 0.3) is 0 Å². The van der Waals surface area contributed by atoms with E-state index in [-0.39, 0.29) is 17.1 Å². The summed E-state index contributed by atoms with van der Waals surface area (Å²) in [6, 6.07) is 0. The van der Waals surface area contributed by atoms with Crippen molar-refractivity contribution < 1.29 is 31.5 Å². The van der Waals surface area contributed by atoms with Gasteiger partial charge in [0, 0.05) is 0 Å². The molecule has 0 amide bonds. The number of unbranched alkanes of at least 4 members (excludes halogenated alkanes) is 2. The molecule has 0 aliphatic rings. The van der Waals surface area contributed by atoms with Crippen LogP contribution in [0.3, 0.4) is 0 Å². The molecular formula is C14H40FeO3Si3. The zero-order chi connectivity index (χ0) is 17.6. The molecule has 134 valence electrons. The Morgan fingerprint density at radius 2 is 0.667 bits per heavy atom. The van der Waals surface area contributed by atoms with Gasteiger partial charge >= 0.3 is 17.1 Å². The molecule has 0 aromatic heterocycles. The second-order valence-electron chi connectivity index (χ2n) is 7.57. The molecule has 0 saturated carbocycles. The Labute approximate surface area is 148 Å². The second kappa shape index (κ2) is 17.4. The van der Waals surface area contributed by atoms with Gasteiger partial charge in [-0.05, 0) is 58.9 Å². The van der Waals surface area contributed by atoms with Crippen molar-refractivity contribution in [1.82, 2.24) is 0 Å². The van der Waals surface area contributed by atoms with E-state index < -0.39 is 25.0 Å². The molecule has 3 N–H and O–H groups in total. The first-order valence-corrected chi connectivity index (χ1v) is 17.5. The van der Waals surface area contributed by atoms with Gasteiger partial charge in [0.2, 0.25) is 0 Å². The van der Waals surface area contributed by atoms with E-state index in [1.54, 1.807) is 0 Å². The molecule has 0 spiro atoms. The van der Waals surface area contributed by atoms with Crippen molar-refractivity contribution in [2.24, 2.45) is 0 Å². The Morgan fingerprint density at radius 3 is 0.667 bits per heavy atom. The molecular weight excluding hydrogens is 356 g/mol. The van der Waals surface area contributed by atoms with Crippen molar-refractivity contribution in [2.75, 3.05) is 0 Å². The molecule has 0 aromatic carbocycles. The summed E-state index contributed by atoms with van der Waals surface area (Å²) < 4.78 is 0. The molecule has 3 nitrogen and oxygen atoms in total. The van der Waals surface area contributed by atoms with E-state index in [1.165, 1.54) is 6.42 Å². The molecule has 0 heterocycles. The van der Waals surface area contributed by atoms with Gasteiger partial charge in [-0.1, -0.05) is 0 Å². The average Bonchev–Trinajstić information content (AvgIpc) is 1.94. The van der Waals surface area contributed by atoms with Gasteiger partial charge in [-0.15, -0.1) is 6.42 Å². The van der Waals surface area contributed by atoms with E-state index in [0.717, 1.165) is 12.8 Å². The first-order valence-electron chi connectivity index (χ1n) is 7.17. The van der Waals surface area contributed by atoms with Crippen molar-refractivity contribution in [3.63, 3.8) is 0 Å². The molecule has 0 saturated heterocycles. The van der Waals surface area contributed by atoms with Crippen LogP contribution in [0, 0.1) is 13.8 Å². The molecule has 7 heteroatoms. The molecule has 0 aromatic rings. The Bertz CT molecular complexity index is 137. The van der Waals surface area contributed by atoms with Crippen LogP contribution in [0.4, 0.5) is 0 Å². The number of hydrogen-bond acceptors (Lipinski definition) is 3. The van der Waals surface area contributed by atoms with Crippen molar-refractivity contribution in [3.8, 4) is 0 Å². The van der Waals surface area contributed by atoms with Gasteiger partial charge in [-0.3, -0.25) is 0 Å². The van der Waals surface area contributed by atoms with Gasteiger partial charge in [-0.2, -0.15) is 12.8 Å². The van der Waals surface area contributed by atoms with E-state index >= 15 is 0 Å². The summed E-state index contributed by atoms with van der Waals surface area (Å²) >= 11 is 0. The van der Waals surface area contributed by atoms with E-state index in [9.17, 15) is 0 Å². The maximum Gasteiger partial charge on any atom is 2.00 e. The normalized spacial score (nSPS) is 10.6. The Morgan fingerprint density at radius 1 is 0.571 bits per heavy atom. The molecule has 0 aliphatic carbocycles. The average molecular weight is 397 g/mol. The van der Waals surface area contributed by atoms with Crippen LogP contribution in [0.5, 0.6) is 0 Å². The minimum atomic E-state index is -1.61. The van der Waals surface area contributed by atoms with Crippen LogP contribution in [0.1, 0.15) is 19.3 Å². The first kappa shape index (κ1) is 33.6. The van der Waals surface area contributed by atoms with Crippen molar-refractivity contribution in [1.29, 1.82) is 0 Å². The largest absolute Gasteiger partial charge is 2.00 e. The van der Waals surface area contributed by atoms with Gasteiger partial charge < -0.3 is 28.2 Å². The zero-order valence-corrected chi connectivity index (χ0v) is 19.8. The van der Waals surface area contributed by atoms with E-state index in [0.29, 0.717) is 0 Å². The quantitative estimate of drug-likeness (QED) is 0.483. The molecule has 0 atom stereocenters. The predicted octanol–water partition coefficient (Wildman–Crippen LogP) is 4.26. The molecule has 0 radical (unpaired) electrons. The SMILES string of the molecule is C[Si](C)(C)O.C[Si](C)(C)O.C[Si](C)(C)O.[CH2-]CCC[CH2-].[Fe+2]. The van der Waals surface area contributed by atoms with Gasteiger partial charge in [0.05, 0.1) is 0 Å². The minimum absolute atomic E-state index is 0. The van der Waals surface area contributed by atoms with E-state index in [1.807, 2.05) is 58.9 Å². The molecule has 0 aliphatic heterocycles. The maximum atomic E-state index is 8.66. The van der Waals surface area contributed by atoms with Crippen molar-refractivity contribution in [2.45, 2.75) is 78.2 Å². The topological polar surface area (TPSA) is 60.7 Å². The van der Waals surface area contributed by atoms with Gasteiger partial charge in [0.15, 0.2) is 25.0 Å². The van der Waals surface area contributed by atoms with Crippen LogP contribution in [0.2, 0.25) is 58.9 Å². The van der Waals surface area contributed by atoms with Crippen molar-refractivity contribution >= 4 is 25.0 Å². The summed E-state index contributed by atoms with van der Waals surface area (Å²) in [6.45, 7) is 24.2. The number of hydrogen-bond donors (Lipinski definition) is 3. The molecule has 0 unspecified atom stereocenters. The Kier molecular flexibility index (Phi) is 27.9. The van der Waals surface area contributed by atoms with Crippen LogP contribution < -0.4 is 0 Å². The maximum absolute atomic E-state index is 8.66. The third-order valence-corrected chi connectivity index (χ3v) is 0.500. The standard InChI is InChI=1S/C5H10.3C3H10OSi.Fe/c1-3-5-4-2;3*1-5(2,3)4;/h1-5H2;3*4H,1-3H3;/q-2;;;;+2. The third-order valence-electron chi connectivity index (χ3n) is 0.500. The van der Waals surface area contributed by atoms with Crippen molar-refractivity contribution in [3.05, 3.63) is 13.8 Å². The summed E-state index contributed by atoms with van der Waals surface area (Å²) in [6.07, 6.45) is 3.23. The summed E-state index contributed by atoms with van der Waals surface area (Å²) in [7, 11) is -4.83. The van der Waals surface area contributed by atoms with Gasteiger partial charge in [0.25, 0.3) is 0 Å². The Balaban J connectivity index is -0.0000000533.